The van der Waals surface area contributed by atoms with Gasteiger partial charge in [0, 0.05) is 50.5 Å². The van der Waals surface area contributed by atoms with Crippen molar-refractivity contribution in [1.29, 1.82) is 0 Å². The average Bonchev–Trinajstić information content (AvgIpc) is 3.33. The Morgan fingerprint density at radius 2 is 1.85 bits per heavy atom. The van der Waals surface area contributed by atoms with Crippen LogP contribution in [0.4, 0.5) is 10.1 Å². The normalized spacial score (nSPS) is 20.2. The minimum Gasteiger partial charge on any atom is -0.441 e. The van der Waals surface area contributed by atoms with E-state index in [2.05, 4.69) is 15.9 Å². The molecule has 0 aliphatic carbocycles. The summed E-state index contributed by atoms with van der Waals surface area (Å²) in [5, 5.41) is 0. The number of allylic oxidation sites excluding steroid dienone is 1. The molecular weight excluding hydrogens is 421 g/mol. The molecule has 2 aromatic rings. The number of morpholine rings is 1. The maximum absolute atomic E-state index is 13.6. The zero-order valence-electron chi connectivity index (χ0n) is 19.2. The largest absolute Gasteiger partial charge is 0.441 e. The Morgan fingerprint density at radius 1 is 1.09 bits per heavy atom. The van der Waals surface area contributed by atoms with Crippen LogP contribution in [0.25, 0.3) is 0 Å². The molecule has 1 atom stereocenters. The number of ether oxygens (including phenoxy) is 2. The van der Waals surface area contributed by atoms with Crippen LogP contribution in [0, 0.1) is 5.82 Å². The third kappa shape index (κ3) is 4.29. The van der Waals surface area contributed by atoms with Gasteiger partial charge in [-0.15, -0.1) is 0 Å². The minimum atomic E-state index is -0.242. The van der Waals surface area contributed by atoms with E-state index < -0.39 is 0 Å². The SMILES string of the molecule is CN(C)C(=O)c1cc2c(c(C3CCCN3c3ccc(F)cc3)c1)OC(N1CCOCC1)=CC2. The van der Waals surface area contributed by atoms with Gasteiger partial charge in [-0.1, -0.05) is 0 Å². The van der Waals surface area contributed by atoms with Crippen molar-refractivity contribution < 1.29 is 18.7 Å². The summed E-state index contributed by atoms with van der Waals surface area (Å²) in [7, 11) is 3.55. The summed E-state index contributed by atoms with van der Waals surface area (Å²) in [4.78, 5) is 19.0. The first-order valence-corrected chi connectivity index (χ1v) is 11.6. The molecule has 0 aromatic heterocycles. The predicted molar refractivity (Wildman–Crippen MR) is 125 cm³/mol. The van der Waals surface area contributed by atoms with Gasteiger partial charge in [0.2, 0.25) is 0 Å². The summed E-state index contributed by atoms with van der Waals surface area (Å²) in [6.45, 7) is 3.87. The van der Waals surface area contributed by atoms with E-state index in [0.29, 0.717) is 25.2 Å². The van der Waals surface area contributed by atoms with E-state index in [0.717, 1.165) is 60.9 Å². The highest BCUT2D eigenvalue weighted by Gasteiger charge is 2.33. The molecule has 0 saturated carbocycles. The lowest BCUT2D eigenvalue weighted by Gasteiger charge is -2.35. The van der Waals surface area contributed by atoms with Crippen molar-refractivity contribution in [3.63, 3.8) is 0 Å². The number of anilines is 1. The summed E-state index contributed by atoms with van der Waals surface area (Å²) in [5.41, 5.74) is 3.71. The fraction of sp³-hybridized carbons (Fsp3) is 0.423. The lowest BCUT2D eigenvalue weighted by atomic mass is 9.94. The van der Waals surface area contributed by atoms with Crippen LogP contribution in [0.2, 0.25) is 0 Å². The summed E-state index contributed by atoms with van der Waals surface area (Å²) >= 11 is 0. The van der Waals surface area contributed by atoms with Crippen LogP contribution in [-0.4, -0.2) is 62.7 Å². The fourth-order valence-electron chi connectivity index (χ4n) is 4.97. The molecule has 0 spiro atoms. The number of hydrogen-bond acceptors (Lipinski definition) is 5. The summed E-state index contributed by atoms with van der Waals surface area (Å²) in [5.74, 6) is 1.46. The zero-order valence-corrected chi connectivity index (χ0v) is 19.2. The number of fused-ring (bicyclic) bond motifs is 1. The maximum Gasteiger partial charge on any atom is 0.253 e. The molecule has 2 saturated heterocycles. The molecule has 3 aliphatic heterocycles. The Labute approximate surface area is 194 Å². The van der Waals surface area contributed by atoms with E-state index in [1.165, 1.54) is 12.1 Å². The molecule has 3 aliphatic rings. The van der Waals surface area contributed by atoms with E-state index >= 15 is 0 Å². The van der Waals surface area contributed by atoms with E-state index in [1.807, 2.05) is 24.3 Å². The Kier molecular flexibility index (Phi) is 5.98. The van der Waals surface area contributed by atoms with Gasteiger partial charge in [0.05, 0.1) is 19.3 Å². The molecular formula is C26H30FN3O3. The van der Waals surface area contributed by atoms with Gasteiger partial charge in [-0.05, 0) is 67.3 Å². The minimum absolute atomic E-state index is 0.0201. The van der Waals surface area contributed by atoms with E-state index in [-0.39, 0.29) is 17.8 Å². The molecule has 0 radical (unpaired) electrons. The van der Waals surface area contributed by atoms with Crippen LogP contribution in [0.3, 0.4) is 0 Å². The maximum atomic E-state index is 13.6. The fourth-order valence-corrected chi connectivity index (χ4v) is 4.97. The highest BCUT2D eigenvalue weighted by Crippen LogP contribution is 2.44. The molecule has 1 amide bonds. The molecule has 174 valence electrons. The van der Waals surface area contributed by atoms with Crippen LogP contribution >= 0.6 is 0 Å². The second-order valence-electron chi connectivity index (χ2n) is 9.03. The highest BCUT2D eigenvalue weighted by molar-refractivity contribution is 5.94. The standard InChI is InChI=1S/C26H30FN3O3/c1-28(2)26(31)19-16-18-5-10-24(29-12-14-32-15-13-29)33-25(18)22(17-19)23-4-3-11-30(23)21-8-6-20(27)7-9-21/h6-10,16-17,23H,3-5,11-15H2,1-2H3. The van der Waals surface area contributed by atoms with Crippen molar-refractivity contribution in [2.24, 2.45) is 0 Å². The topological polar surface area (TPSA) is 45.2 Å². The molecule has 1 unspecified atom stereocenters. The summed E-state index contributed by atoms with van der Waals surface area (Å²) in [6.07, 6.45) is 4.79. The van der Waals surface area contributed by atoms with E-state index in [4.69, 9.17) is 9.47 Å². The number of carbonyl (C=O) groups is 1. The molecule has 0 bridgehead atoms. The third-order valence-electron chi connectivity index (χ3n) is 6.64. The van der Waals surface area contributed by atoms with Crippen LogP contribution in [-0.2, 0) is 11.2 Å². The van der Waals surface area contributed by atoms with Crippen LogP contribution < -0.4 is 9.64 Å². The molecule has 6 nitrogen and oxygen atoms in total. The van der Waals surface area contributed by atoms with Gasteiger partial charge < -0.3 is 24.2 Å². The van der Waals surface area contributed by atoms with Crippen molar-refractivity contribution in [2.75, 3.05) is 51.8 Å². The molecule has 7 heteroatoms. The monoisotopic (exact) mass is 451 g/mol. The second kappa shape index (κ2) is 9.06. The zero-order chi connectivity index (χ0) is 22.9. The third-order valence-corrected chi connectivity index (χ3v) is 6.64. The van der Waals surface area contributed by atoms with Crippen molar-refractivity contribution in [2.45, 2.75) is 25.3 Å². The highest BCUT2D eigenvalue weighted by atomic mass is 19.1. The quantitative estimate of drug-likeness (QED) is 0.704. The van der Waals surface area contributed by atoms with Gasteiger partial charge in [-0.25, -0.2) is 4.39 Å². The van der Waals surface area contributed by atoms with Gasteiger partial charge in [-0.3, -0.25) is 4.79 Å². The molecule has 0 N–H and O–H groups in total. The van der Waals surface area contributed by atoms with Crippen LogP contribution in [0.5, 0.6) is 5.75 Å². The first-order valence-electron chi connectivity index (χ1n) is 11.6. The van der Waals surface area contributed by atoms with Crippen molar-refractivity contribution in [3.8, 4) is 5.75 Å². The molecule has 3 heterocycles. The van der Waals surface area contributed by atoms with Gasteiger partial charge >= 0.3 is 0 Å². The summed E-state index contributed by atoms with van der Waals surface area (Å²) < 4.78 is 25.6. The van der Waals surface area contributed by atoms with E-state index in [1.54, 1.807) is 19.0 Å². The molecule has 33 heavy (non-hydrogen) atoms. The smallest absolute Gasteiger partial charge is 0.253 e. The molecule has 5 rings (SSSR count). The number of halogens is 1. The molecule has 2 fully saturated rings. The van der Waals surface area contributed by atoms with Crippen molar-refractivity contribution in [1.82, 2.24) is 9.80 Å². The number of hydrogen-bond donors (Lipinski definition) is 0. The lowest BCUT2D eigenvalue weighted by molar-refractivity contribution is 0.0337. The number of nitrogens with zero attached hydrogens (tertiary/aromatic N) is 3. The van der Waals surface area contributed by atoms with Gasteiger partial charge in [-0.2, -0.15) is 0 Å². The van der Waals surface area contributed by atoms with Crippen molar-refractivity contribution in [3.05, 3.63) is 70.9 Å². The number of benzene rings is 2. The first-order chi connectivity index (χ1) is 16.0. The van der Waals surface area contributed by atoms with Crippen LogP contribution in [0.15, 0.2) is 48.4 Å². The number of carbonyl (C=O) groups excluding carboxylic acids is 1. The Bertz CT molecular complexity index is 1060. The van der Waals surface area contributed by atoms with Gasteiger partial charge in [0.1, 0.15) is 11.6 Å². The Morgan fingerprint density at radius 3 is 2.58 bits per heavy atom. The first kappa shape index (κ1) is 21.8. The van der Waals surface area contributed by atoms with Gasteiger partial charge in [0.15, 0.2) is 5.88 Å². The molecule has 2 aromatic carbocycles. The van der Waals surface area contributed by atoms with Gasteiger partial charge in [0.25, 0.3) is 5.91 Å². The lowest BCUT2D eigenvalue weighted by Crippen LogP contribution is -2.38. The Hall–Kier alpha value is -3.06. The predicted octanol–water partition coefficient (Wildman–Crippen LogP) is 3.98. The Balaban J connectivity index is 1.54. The average molecular weight is 452 g/mol. The second-order valence-corrected chi connectivity index (χ2v) is 9.03. The number of amides is 1. The van der Waals surface area contributed by atoms with E-state index in [9.17, 15) is 9.18 Å². The number of rotatable bonds is 4. The summed E-state index contributed by atoms with van der Waals surface area (Å²) in [6, 6.07) is 10.7. The van der Waals surface area contributed by atoms with Crippen LogP contribution in [0.1, 0.15) is 40.4 Å². The van der Waals surface area contributed by atoms with Crippen molar-refractivity contribution >= 4 is 11.6 Å².